The summed E-state index contributed by atoms with van der Waals surface area (Å²) in [6.07, 6.45) is 5.32. The third-order valence-corrected chi connectivity index (χ3v) is 2.99. The normalized spacial score (nSPS) is 32.5. The Kier molecular flexibility index (Phi) is 3.69. The first-order valence-electron chi connectivity index (χ1n) is 5.20. The molecule has 2 unspecified atom stereocenters. The minimum Gasteiger partial charge on any atom is -0.480 e. The Morgan fingerprint density at radius 3 is 3.00 bits per heavy atom. The van der Waals surface area contributed by atoms with Crippen LogP contribution in [0.1, 0.15) is 32.6 Å². The minimum absolute atomic E-state index is 0.497. The van der Waals surface area contributed by atoms with E-state index in [1.54, 1.807) is 6.08 Å². The van der Waals surface area contributed by atoms with Crippen LogP contribution >= 0.6 is 0 Å². The summed E-state index contributed by atoms with van der Waals surface area (Å²) in [5, 5.41) is 12.3. The lowest BCUT2D eigenvalue weighted by atomic mass is 9.76. The monoisotopic (exact) mass is 197 g/mol. The molecule has 1 fully saturated rings. The summed E-state index contributed by atoms with van der Waals surface area (Å²) in [6, 6.07) is 0. The third-order valence-electron chi connectivity index (χ3n) is 2.99. The van der Waals surface area contributed by atoms with Gasteiger partial charge < -0.3 is 5.11 Å². The van der Waals surface area contributed by atoms with Crippen LogP contribution in [0.3, 0.4) is 0 Å². The van der Waals surface area contributed by atoms with Gasteiger partial charge in [0.25, 0.3) is 0 Å². The van der Waals surface area contributed by atoms with Gasteiger partial charge in [0.05, 0.1) is 0 Å². The number of carbonyl (C=O) groups is 1. The van der Waals surface area contributed by atoms with E-state index in [0.29, 0.717) is 12.5 Å². The maximum Gasteiger partial charge on any atom is 0.323 e. The number of carboxylic acid groups (broad SMARTS) is 1. The highest BCUT2D eigenvalue weighted by atomic mass is 16.4. The first-order valence-corrected chi connectivity index (χ1v) is 5.20. The van der Waals surface area contributed by atoms with Gasteiger partial charge in [-0.05, 0) is 18.8 Å². The highest BCUT2D eigenvalue weighted by Gasteiger charge is 2.40. The molecule has 0 bridgehead atoms. The van der Waals surface area contributed by atoms with Crippen molar-refractivity contribution >= 4 is 5.97 Å². The lowest BCUT2D eigenvalue weighted by molar-refractivity contribution is -0.147. The maximum atomic E-state index is 11.2. The SMILES string of the molecule is C=CCNC1(C(=O)O)CCCC(C)C1. The molecule has 2 N–H and O–H groups in total. The van der Waals surface area contributed by atoms with Crippen molar-refractivity contribution in [1.82, 2.24) is 5.32 Å². The molecule has 0 spiro atoms. The Morgan fingerprint density at radius 1 is 1.79 bits per heavy atom. The Labute approximate surface area is 85.2 Å². The average Bonchev–Trinajstić information content (AvgIpc) is 2.14. The van der Waals surface area contributed by atoms with Crippen molar-refractivity contribution in [2.45, 2.75) is 38.1 Å². The van der Waals surface area contributed by atoms with Crippen LogP contribution in [0, 0.1) is 5.92 Å². The summed E-state index contributed by atoms with van der Waals surface area (Å²) >= 11 is 0. The first kappa shape index (κ1) is 11.2. The lowest BCUT2D eigenvalue weighted by Crippen LogP contribution is -2.54. The number of nitrogens with one attached hydrogen (secondary N) is 1. The van der Waals surface area contributed by atoms with Crippen LogP contribution in [0.2, 0.25) is 0 Å². The van der Waals surface area contributed by atoms with Crippen molar-refractivity contribution in [3.05, 3.63) is 12.7 Å². The van der Waals surface area contributed by atoms with E-state index < -0.39 is 11.5 Å². The zero-order chi connectivity index (χ0) is 10.6. The fourth-order valence-corrected chi connectivity index (χ4v) is 2.25. The standard InChI is InChI=1S/C11H19NO2/c1-3-7-12-11(10(13)14)6-4-5-9(2)8-11/h3,9,12H,1,4-8H2,2H3,(H,13,14). The lowest BCUT2D eigenvalue weighted by Gasteiger charge is -2.37. The Balaban J connectivity index is 2.69. The first-order chi connectivity index (χ1) is 6.60. The van der Waals surface area contributed by atoms with Crippen molar-refractivity contribution in [1.29, 1.82) is 0 Å². The second-order valence-electron chi connectivity index (χ2n) is 4.26. The molecule has 14 heavy (non-hydrogen) atoms. The fourth-order valence-electron chi connectivity index (χ4n) is 2.25. The number of aliphatic carboxylic acids is 1. The smallest absolute Gasteiger partial charge is 0.323 e. The second-order valence-corrected chi connectivity index (χ2v) is 4.26. The molecule has 0 aromatic carbocycles. The van der Waals surface area contributed by atoms with Crippen LogP contribution in [-0.4, -0.2) is 23.2 Å². The molecule has 1 aliphatic carbocycles. The topological polar surface area (TPSA) is 49.3 Å². The van der Waals surface area contributed by atoms with Gasteiger partial charge in [-0.1, -0.05) is 25.8 Å². The maximum absolute atomic E-state index is 11.2. The summed E-state index contributed by atoms with van der Waals surface area (Å²) in [5.74, 6) is -0.219. The fraction of sp³-hybridized carbons (Fsp3) is 0.727. The summed E-state index contributed by atoms with van der Waals surface area (Å²) in [4.78, 5) is 11.2. The van der Waals surface area contributed by atoms with Gasteiger partial charge in [0, 0.05) is 6.54 Å². The predicted molar refractivity (Wildman–Crippen MR) is 56.2 cm³/mol. The van der Waals surface area contributed by atoms with Crippen LogP contribution in [0.5, 0.6) is 0 Å². The van der Waals surface area contributed by atoms with E-state index in [2.05, 4.69) is 18.8 Å². The molecular weight excluding hydrogens is 178 g/mol. The summed E-state index contributed by atoms with van der Waals surface area (Å²) in [5.41, 5.74) is -0.703. The number of carboxylic acids is 1. The zero-order valence-corrected chi connectivity index (χ0v) is 8.75. The van der Waals surface area contributed by atoms with Crippen molar-refractivity contribution in [3.63, 3.8) is 0 Å². The largest absolute Gasteiger partial charge is 0.480 e. The number of rotatable bonds is 4. The molecule has 0 amide bonds. The molecular formula is C11H19NO2. The molecule has 0 aromatic heterocycles. The van der Waals surface area contributed by atoms with Crippen LogP contribution in [0.25, 0.3) is 0 Å². The molecule has 0 saturated heterocycles. The van der Waals surface area contributed by atoms with E-state index in [1.165, 1.54) is 0 Å². The molecule has 2 atom stereocenters. The quantitative estimate of drug-likeness (QED) is 0.676. The average molecular weight is 197 g/mol. The van der Waals surface area contributed by atoms with Gasteiger partial charge in [-0.3, -0.25) is 10.1 Å². The van der Waals surface area contributed by atoms with E-state index in [0.717, 1.165) is 25.7 Å². The van der Waals surface area contributed by atoms with Crippen LogP contribution < -0.4 is 5.32 Å². The summed E-state index contributed by atoms with van der Waals surface area (Å²) < 4.78 is 0. The highest BCUT2D eigenvalue weighted by Crippen LogP contribution is 2.32. The Hall–Kier alpha value is -0.830. The molecule has 1 aliphatic rings. The van der Waals surface area contributed by atoms with Gasteiger partial charge in [-0.15, -0.1) is 6.58 Å². The number of hydrogen-bond acceptors (Lipinski definition) is 2. The molecule has 0 heterocycles. The second kappa shape index (κ2) is 4.60. The van der Waals surface area contributed by atoms with Crippen LogP contribution in [-0.2, 0) is 4.79 Å². The Bertz CT molecular complexity index is 227. The Morgan fingerprint density at radius 2 is 2.50 bits per heavy atom. The molecule has 1 rings (SSSR count). The summed E-state index contributed by atoms with van der Waals surface area (Å²) in [7, 11) is 0. The molecule has 0 aromatic rings. The molecule has 1 saturated carbocycles. The minimum atomic E-state index is -0.717. The third kappa shape index (κ3) is 2.35. The van der Waals surface area contributed by atoms with Crippen molar-refractivity contribution < 1.29 is 9.90 Å². The van der Waals surface area contributed by atoms with Gasteiger partial charge >= 0.3 is 5.97 Å². The van der Waals surface area contributed by atoms with Gasteiger partial charge in [0.2, 0.25) is 0 Å². The van der Waals surface area contributed by atoms with Gasteiger partial charge in [-0.25, -0.2) is 0 Å². The van der Waals surface area contributed by atoms with Crippen LogP contribution in [0.15, 0.2) is 12.7 Å². The van der Waals surface area contributed by atoms with E-state index in [4.69, 9.17) is 0 Å². The van der Waals surface area contributed by atoms with Gasteiger partial charge in [-0.2, -0.15) is 0 Å². The van der Waals surface area contributed by atoms with E-state index in [9.17, 15) is 9.90 Å². The predicted octanol–water partition coefficient (Wildman–Crippen LogP) is 1.80. The van der Waals surface area contributed by atoms with Gasteiger partial charge in [0.15, 0.2) is 0 Å². The molecule has 3 nitrogen and oxygen atoms in total. The van der Waals surface area contributed by atoms with Crippen molar-refractivity contribution in [3.8, 4) is 0 Å². The number of hydrogen-bond donors (Lipinski definition) is 2. The van der Waals surface area contributed by atoms with E-state index in [-0.39, 0.29) is 0 Å². The van der Waals surface area contributed by atoms with Crippen molar-refractivity contribution in [2.24, 2.45) is 5.92 Å². The molecule has 0 radical (unpaired) electrons. The molecule has 80 valence electrons. The summed E-state index contributed by atoms with van der Waals surface area (Å²) in [6.45, 7) is 6.29. The van der Waals surface area contributed by atoms with E-state index in [1.807, 2.05) is 0 Å². The zero-order valence-electron chi connectivity index (χ0n) is 8.75. The van der Waals surface area contributed by atoms with Gasteiger partial charge in [0.1, 0.15) is 5.54 Å². The highest BCUT2D eigenvalue weighted by molar-refractivity contribution is 5.79. The molecule has 3 heteroatoms. The molecule has 0 aliphatic heterocycles. The van der Waals surface area contributed by atoms with Crippen molar-refractivity contribution in [2.75, 3.05) is 6.54 Å². The van der Waals surface area contributed by atoms with Crippen LogP contribution in [0.4, 0.5) is 0 Å². The van der Waals surface area contributed by atoms with E-state index >= 15 is 0 Å².